The third kappa shape index (κ3) is 38.5. The summed E-state index contributed by atoms with van der Waals surface area (Å²) in [4.78, 5) is 35.5. The summed E-state index contributed by atoms with van der Waals surface area (Å²) in [5.41, 5.74) is 0. The van der Waals surface area contributed by atoms with E-state index in [1.165, 1.54) is 116 Å². The van der Waals surface area contributed by atoms with Gasteiger partial charge < -0.3 is 19.9 Å². The monoisotopic (exact) mass is 692 g/mol. The zero-order valence-electron chi connectivity index (χ0n) is 32.0. The van der Waals surface area contributed by atoms with Gasteiger partial charge in [-0.1, -0.05) is 141 Å². The Bertz CT molecular complexity index is 755. The fraction of sp³-hybridized carbons (Fsp3) is 0.833. The summed E-state index contributed by atoms with van der Waals surface area (Å²) in [5, 5.41) is 12.0. The van der Waals surface area contributed by atoms with Crippen molar-refractivity contribution in [1.82, 2.24) is 5.32 Å². The van der Waals surface area contributed by atoms with Crippen molar-refractivity contribution in [3.63, 3.8) is 0 Å². The number of hydrogen-bond donors (Lipinski definition) is 2. The molecular weight excluding hydrogens is 614 g/mol. The van der Waals surface area contributed by atoms with Crippen LogP contribution in [0.2, 0.25) is 0 Å². The van der Waals surface area contributed by atoms with Crippen molar-refractivity contribution in [1.29, 1.82) is 0 Å². The highest BCUT2D eigenvalue weighted by molar-refractivity contribution is 5.70. The SMILES string of the molecule is CCCCCCCCC=CCCCCCCCC(=O)OCC(COC(=O)CCCCCCC/C=C\CCCCCCCC)NCCC(=O)O. The van der Waals surface area contributed by atoms with Crippen molar-refractivity contribution in [2.24, 2.45) is 0 Å². The number of nitrogens with one attached hydrogen (secondary N) is 1. The molecule has 0 saturated carbocycles. The second kappa shape index (κ2) is 38.6. The molecule has 286 valence electrons. The maximum atomic E-state index is 12.3. The summed E-state index contributed by atoms with van der Waals surface area (Å²) in [5.74, 6) is -1.43. The van der Waals surface area contributed by atoms with E-state index in [9.17, 15) is 14.4 Å². The van der Waals surface area contributed by atoms with Crippen LogP contribution < -0.4 is 5.32 Å². The summed E-state index contributed by atoms with van der Waals surface area (Å²) in [6.45, 7) is 4.85. The van der Waals surface area contributed by atoms with Gasteiger partial charge in [-0.15, -0.1) is 0 Å². The van der Waals surface area contributed by atoms with Gasteiger partial charge in [0.05, 0.1) is 12.5 Å². The third-order valence-electron chi connectivity index (χ3n) is 8.95. The number of rotatable bonds is 38. The standard InChI is InChI=1S/C42H77NO6/c1-3-5-7-9-11-13-15-17-19-21-23-25-27-29-31-33-41(46)48-37-39(43-36-35-40(44)45)38-49-42(47)34-32-30-28-26-24-22-20-18-16-14-12-10-8-6-4-2/h17-20,39,43H,3-16,21-38H2,1-2H3,(H,44,45)/b19-17-,20-18?. The normalized spacial score (nSPS) is 12.2. The molecule has 0 aromatic carbocycles. The highest BCUT2D eigenvalue weighted by Crippen LogP contribution is 2.12. The fourth-order valence-electron chi connectivity index (χ4n) is 5.76. The number of hydrogen-bond acceptors (Lipinski definition) is 6. The first-order valence-electron chi connectivity index (χ1n) is 20.6. The summed E-state index contributed by atoms with van der Waals surface area (Å²) in [7, 11) is 0. The van der Waals surface area contributed by atoms with Crippen molar-refractivity contribution >= 4 is 17.9 Å². The van der Waals surface area contributed by atoms with E-state index in [0.29, 0.717) is 12.8 Å². The number of carbonyl (C=O) groups excluding carboxylic acids is 2. The summed E-state index contributed by atoms with van der Waals surface area (Å²) < 4.78 is 10.9. The highest BCUT2D eigenvalue weighted by atomic mass is 16.5. The fourth-order valence-corrected chi connectivity index (χ4v) is 5.76. The topological polar surface area (TPSA) is 102 Å². The van der Waals surface area contributed by atoms with Gasteiger partial charge in [-0.25, -0.2) is 0 Å². The number of ether oxygens (including phenoxy) is 2. The van der Waals surface area contributed by atoms with Crippen LogP contribution in [0.15, 0.2) is 24.3 Å². The Morgan fingerprint density at radius 2 is 0.816 bits per heavy atom. The molecule has 7 heteroatoms. The summed E-state index contributed by atoms with van der Waals surface area (Å²) in [6.07, 6.45) is 41.4. The Balaban J connectivity index is 3.92. The molecule has 0 bridgehead atoms. The molecule has 49 heavy (non-hydrogen) atoms. The van der Waals surface area contributed by atoms with E-state index in [2.05, 4.69) is 43.5 Å². The average Bonchev–Trinajstić information content (AvgIpc) is 3.09. The van der Waals surface area contributed by atoms with Gasteiger partial charge >= 0.3 is 17.9 Å². The second-order valence-electron chi connectivity index (χ2n) is 13.8. The van der Waals surface area contributed by atoms with Crippen LogP contribution in [0.25, 0.3) is 0 Å². The minimum atomic E-state index is -0.909. The van der Waals surface area contributed by atoms with Crippen molar-refractivity contribution in [2.75, 3.05) is 19.8 Å². The first-order chi connectivity index (χ1) is 24.0. The molecule has 0 radical (unpaired) electrons. The van der Waals surface area contributed by atoms with E-state index in [0.717, 1.165) is 51.4 Å². The van der Waals surface area contributed by atoms with Gasteiger partial charge in [-0.2, -0.15) is 0 Å². The number of carboxylic acids is 1. The van der Waals surface area contributed by atoms with Gasteiger partial charge in [0.1, 0.15) is 13.2 Å². The molecule has 0 saturated heterocycles. The molecule has 0 aliphatic rings. The number of unbranched alkanes of at least 4 members (excludes halogenated alkanes) is 22. The molecule has 0 rings (SSSR count). The van der Waals surface area contributed by atoms with Gasteiger partial charge in [0.2, 0.25) is 0 Å². The van der Waals surface area contributed by atoms with Crippen LogP contribution >= 0.6 is 0 Å². The molecule has 0 spiro atoms. The first kappa shape index (κ1) is 46.9. The van der Waals surface area contributed by atoms with Crippen LogP contribution in [0.4, 0.5) is 0 Å². The molecule has 0 aromatic rings. The van der Waals surface area contributed by atoms with Gasteiger partial charge in [0.25, 0.3) is 0 Å². The Morgan fingerprint density at radius 1 is 0.490 bits per heavy atom. The number of carboxylic acid groups (broad SMARTS) is 1. The number of esters is 2. The van der Waals surface area contributed by atoms with Crippen LogP contribution in [-0.4, -0.2) is 48.8 Å². The Morgan fingerprint density at radius 3 is 1.16 bits per heavy atom. The van der Waals surface area contributed by atoms with E-state index in [1.807, 2.05) is 0 Å². The van der Waals surface area contributed by atoms with Crippen LogP contribution in [-0.2, 0) is 23.9 Å². The van der Waals surface area contributed by atoms with Crippen LogP contribution in [0, 0.1) is 0 Å². The molecule has 0 aromatic heterocycles. The minimum absolute atomic E-state index is 0.0533. The molecule has 1 unspecified atom stereocenters. The van der Waals surface area contributed by atoms with Crippen molar-refractivity contribution < 1.29 is 29.0 Å². The van der Waals surface area contributed by atoms with Gasteiger partial charge in [-0.05, 0) is 64.2 Å². The van der Waals surface area contributed by atoms with E-state index in [4.69, 9.17) is 14.6 Å². The Labute approximate surface area is 301 Å². The largest absolute Gasteiger partial charge is 0.481 e. The lowest BCUT2D eigenvalue weighted by Crippen LogP contribution is -2.40. The van der Waals surface area contributed by atoms with E-state index >= 15 is 0 Å². The van der Waals surface area contributed by atoms with Crippen molar-refractivity contribution in [2.45, 2.75) is 206 Å². The quantitative estimate of drug-likeness (QED) is 0.0377. The van der Waals surface area contributed by atoms with Crippen molar-refractivity contribution in [3.8, 4) is 0 Å². The maximum absolute atomic E-state index is 12.3. The molecule has 1 atom stereocenters. The maximum Gasteiger partial charge on any atom is 0.305 e. The lowest BCUT2D eigenvalue weighted by Gasteiger charge is -2.18. The molecule has 7 nitrogen and oxygen atoms in total. The third-order valence-corrected chi connectivity index (χ3v) is 8.95. The minimum Gasteiger partial charge on any atom is -0.481 e. The summed E-state index contributed by atoms with van der Waals surface area (Å²) >= 11 is 0. The van der Waals surface area contributed by atoms with Crippen LogP contribution in [0.3, 0.4) is 0 Å². The Kier molecular flexibility index (Phi) is 37.0. The predicted octanol–water partition coefficient (Wildman–Crippen LogP) is 11.6. The second-order valence-corrected chi connectivity index (χ2v) is 13.8. The summed E-state index contributed by atoms with van der Waals surface area (Å²) in [6, 6.07) is -0.421. The molecule has 0 aliphatic heterocycles. The highest BCUT2D eigenvalue weighted by Gasteiger charge is 2.15. The first-order valence-corrected chi connectivity index (χ1v) is 20.6. The van der Waals surface area contributed by atoms with Gasteiger partial charge in [0.15, 0.2) is 0 Å². The molecule has 0 amide bonds. The molecule has 2 N–H and O–H groups in total. The number of carbonyl (C=O) groups is 3. The molecular formula is C42H77NO6. The lowest BCUT2D eigenvalue weighted by atomic mass is 10.1. The number of allylic oxidation sites excluding steroid dienone is 4. The lowest BCUT2D eigenvalue weighted by molar-refractivity contribution is -0.148. The molecule has 0 heterocycles. The van der Waals surface area contributed by atoms with E-state index < -0.39 is 12.0 Å². The van der Waals surface area contributed by atoms with Gasteiger partial charge in [-0.3, -0.25) is 14.4 Å². The smallest absolute Gasteiger partial charge is 0.305 e. The molecule has 0 aliphatic carbocycles. The number of aliphatic carboxylic acids is 1. The average molecular weight is 692 g/mol. The predicted molar refractivity (Wildman–Crippen MR) is 205 cm³/mol. The zero-order chi connectivity index (χ0) is 35.9. The van der Waals surface area contributed by atoms with Gasteiger partial charge in [0, 0.05) is 19.4 Å². The molecule has 0 fully saturated rings. The Hall–Kier alpha value is -2.15. The van der Waals surface area contributed by atoms with E-state index in [-0.39, 0.29) is 38.1 Å². The zero-order valence-corrected chi connectivity index (χ0v) is 32.0. The van der Waals surface area contributed by atoms with Crippen molar-refractivity contribution in [3.05, 3.63) is 24.3 Å². The van der Waals surface area contributed by atoms with E-state index in [1.54, 1.807) is 0 Å². The van der Waals surface area contributed by atoms with Crippen LogP contribution in [0.5, 0.6) is 0 Å². The van der Waals surface area contributed by atoms with Crippen LogP contribution in [0.1, 0.15) is 200 Å².